The molecule has 208 valence electrons. The number of nitrogens with one attached hydrogen (secondary N) is 4. The van der Waals surface area contributed by atoms with Gasteiger partial charge in [0.2, 0.25) is 17.7 Å². The maximum Gasteiger partial charge on any atom is 0.243 e. The van der Waals surface area contributed by atoms with Gasteiger partial charge < -0.3 is 35.5 Å². The molecule has 4 aliphatic heterocycles. The molecule has 0 saturated carbocycles. The monoisotopic (exact) mass is 543 g/mol. The fourth-order valence-electron chi connectivity index (χ4n) is 6.67. The predicted octanol–water partition coefficient (Wildman–Crippen LogP) is 2.04. The van der Waals surface area contributed by atoms with Crippen molar-refractivity contribution >= 4 is 17.5 Å². The molecule has 2 aromatic carbocycles. The number of hydrogen-bond donors (Lipinski definition) is 5. The number of aryl methyl sites for hydroxylation is 1. The lowest BCUT2D eigenvalue weighted by atomic mass is 9.72. The topological polar surface area (TPSA) is 138 Å². The summed E-state index contributed by atoms with van der Waals surface area (Å²) in [6.45, 7) is 6.28. The lowest BCUT2D eigenvalue weighted by molar-refractivity contribution is -0.130. The zero-order valence-electron chi connectivity index (χ0n) is 22.7. The third kappa shape index (κ3) is 3.66. The van der Waals surface area contributed by atoms with Crippen molar-refractivity contribution in [3.63, 3.8) is 0 Å². The van der Waals surface area contributed by atoms with Gasteiger partial charge in [-0.2, -0.15) is 0 Å². The molecule has 1 aromatic heterocycles. The molecule has 3 unspecified atom stereocenters. The summed E-state index contributed by atoms with van der Waals surface area (Å²) in [7, 11) is 0. The molecule has 5 heterocycles. The standard InChI is InChI=1S/C30H33N5O5/c1-14(2)24-28-32-15(3)25(40-28)30-18-6-4-5-7-20(18)34-29(30)39-23-9-8-16(10-19(23)30)11-22(27(38)35-24)33-26(37)21-12-17(36)13-31-21/h4-10,14,17,21-22,24,29,31,34,36H,11-13H2,1-3H3,(H,33,37)(H,35,38)/t17-,21+,22+,24?,29?,30?/m1/s1. The fraction of sp³-hybridized carbons (Fsp3) is 0.433. The van der Waals surface area contributed by atoms with Gasteiger partial charge in [-0.3, -0.25) is 9.59 Å². The van der Waals surface area contributed by atoms with Crippen LogP contribution in [0.2, 0.25) is 0 Å². The van der Waals surface area contributed by atoms with Crippen LogP contribution in [-0.4, -0.2) is 52.9 Å². The number of aliphatic hydroxyl groups excluding tert-OH is 1. The predicted molar refractivity (Wildman–Crippen MR) is 146 cm³/mol. The summed E-state index contributed by atoms with van der Waals surface area (Å²) in [5.41, 5.74) is 3.79. The number of aliphatic hydroxyl groups is 1. The highest BCUT2D eigenvalue weighted by Gasteiger charge is 2.60. The second-order valence-electron chi connectivity index (χ2n) is 11.6. The SMILES string of the molecule is Cc1nc2oc1C13c4ccccc4NC1Oc1ccc(cc13)C[C@H](NC(=O)[C@@H]1C[C@@H](O)CN1)C(=O)NC2C(C)C. The minimum Gasteiger partial charge on any atom is -0.469 e. The number of amides is 2. The third-order valence-corrected chi connectivity index (χ3v) is 8.64. The van der Waals surface area contributed by atoms with E-state index in [0.29, 0.717) is 24.6 Å². The number of benzene rings is 2. The molecule has 40 heavy (non-hydrogen) atoms. The number of hydrogen-bond acceptors (Lipinski definition) is 8. The highest BCUT2D eigenvalue weighted by atomic mass is 16.5. The van der Waals surface area contributed by atoms with Gasteiger partial charge in [0.1, 0.15) is 29.0 Å². The minimum atomic E-state index is -0.843. The van der Waals surface area contributed by atoms with Gasteiger partial charge in [0.05, 0.1) is 17.8 Å². The van der Waals surface area contributed by atoms with Crippen LogP contribution in [-0.2, 0) is 21.4 Å². The Morgan fingerprint density at radius 3 is 2.77 bits per heavy atom. The molecule has 0 aliphatic carbocycles. The number of carbonyl (C=O) groups is 2. The molecule has 1 spiro atoms. The number of oxazole rings is 1. The first-order valence-corrected chi connectivity index (χ1v) is 13.9. The summed E-state index contributed by atoms with van der Waals surface area (Å²) >= 11 is 0. The van der Waals surface area contributed by atoms with E-state index in [4.69, 9.17) is 14.1 Å². The van der Waals surface area contributed by atoms with E-state index in [-0.39, 0.29) is 24.2 Å². The number of β-amino-alcohol motifs (C(OH)–C–C–N with tert-alkyl or cyclic N) is 1. The van der Waals surface area contributed by atoms with Crippen molar-refractivity contribution in [2.45, 2.75) is 69.5 Å². The van der Waals surface area contributed by atoms with Crippen molar-refractivity contribution in [3.05, 3.63) is 76.5 Å². The van der Waals surface area contributed by atoms with Gasteiger partial charge in [0.25, 0.3) is 0 Å². The summed E-state index contributed by atoms with van der Waals surface area (Å²) in [6.07, 6.45) is -0.427. The molecule has 5 N–H and O–H groups in total. The van der Waals surface area contributed by atoms with Gasteiger partial charge in [0, 0.05) is 24.2 Å². The zero-order chi connectivity index (χ0) is 27.8. The van der Waals surface area contributed by atoms with Crippen LogP contribution in [0.1, 0.15) is 60.3 Å². The van der Waals surface area contributed by atoms with E-state index in [9.17, 15) is 14.7 Å². The molecule has 2 amide bonds. The molecule has 6 atom stereocenters. The van der Waals surface area contributed by atoms with Crippen LogP contribution in [0.25, 0.3) is 0 Å². The van der Waals surface area contributed by atoms with E-state index in [1.165, 1.54) is 0 Å². The number of nitrogens with zero attached hydrogens (tertiary/aromatic N) is 1. The van der Waals surface area contributed by atoms with E-state index >= 15 is 0 Å². The van der Waals surface area contributed by atoms with Crippen LogP contribution < -0.4 is 26.0 Å². The Morgan fingerprint density at radius 2 is 2.00 bits per heavy atom. The Kier molecular flexibility index (Phi) is 5.69. The Balaban J connectivity index is 1.38. The Labute approximate surface area is 231 Å². The first kappa shape index (κ1) is 25.1. The molecule has 4 bridgehead atoms. The maximum absolute atomic E-state index is 13.7. The molecule has 1 saturated heterocycles. The lowest BCUT2D eigenvalue weighted by Gasteiger charge is -2.29. The van der Waals surface area contributed by atoms with Crippen molar-refractivity contribution in [3.8, 4) is 5.75 Å². The van der Waals surface area contributed by atoms with Gasteiger partial charge >= 0.3 is 0 Å². The van der Waals surface area contributed by atoms with Crippen molar-refractivity contribution in [2.75, 3.05) is 11.9 Å². The van der Waals surface area contributed by atoms with Crippen molar-refractivity contribution < 1.29 is 23.8 Å². The zero-order valence-corrected chi connectivity index (χ0v) is 22.7. The number of anilines is 1. The Morgan fingerprint density at radius 1 is 1.18 bits per heavy atom. The number of rotatable bonds is 3. The first-order valence-electron chi connectivity index (χ1n) is 13.9. The van der Waals surface area contributed by atoms with Crippen LogP contribution in [0.15, 0.2) is 46.9 Å². The van der Waals surface area contributed by atoms with Crippen LogP contribution in [0.3, 0.4) is 0 Å². The molecule has 3 aromatic rings. The van der Waals surface area contributed by atoms with E-state index in [1.54, 1.807) is 0 Å². The average molecular weight is 544 g/mol. The lowest BCUT2D eigenvalue weighted by Crippen LogP contribution is -2.53. The molecule has 10 heteroatoms. The van der Waals surface area contributed by atoms with Gasteiger partial charge in [-0.15, -0.1) is 0 Å². The summed E-state index contributed by atoms with van der Waals surface area (Å²) in [6, 6.07) is 12.2. The van der Waals surface area contributed by atoms with Crippen LogP contribution in [0.4, 0.5) is 5.69 Å². The average Bonchev–Trinajstić information content (AvgIpc) is 3.67. The third-order valence-electron chi connectivity index (χ3n) is 8.64. The summed E-state index contributed by atoms with van der Waals surface area (Å²) in [4.78, 5) is 31.7. The van der Waals surface area contributed by atoms with Gasteiger partial charge in [0.15, 0.2) is 6.23 Å². The summed E-state index contributed by atoms with van der Waals surface area (Å²) in [5, 5.41) is 22.6. The number of para-hydroxylation sites is 1. The minimum absolute atomic E-state index is 0.0312. The van der Waals surface area contributed by atoms with E-state index in [0.717, 1.165) is 33.8 Å². The molecule has 7 rings (SSSR count). The van der Waals surface area contributed by atoms with Gasteiger partial charge in [-0.05, 0) is 42.5 Å². The van der Waals surface area contributed by atoms with Crippen molar-refractivity contribution in [2.24, 2.45) is 5.92 Å². The molecule has 4 aliphatic rings. The molecule has 1 fully saturated rings. The molecular weight excluding hydrogens is 510 g/mol. The van der Waals surface area contributed by atoms with Crippen molar-refractivity contribution in [1.29, 1.82) is 0 Å². The Bertz CT molecular complexity index is 1520. The quantitative estimate of drug-likeness (QED) is 0.339. The summed E-state index contributed by atoms with van der Waals surface area (Å²) in [5.74, 6) is 1.19. The van der Waals surface area contributed by atoms with Crippen LogP contribution in [0.5, 0.6) is 5.75 Å². The van der Waals surface area contributed by atoms with E-state index < -0.39 is 35.9 Å². The maximum atomic E-state index is 13.7. The second-order valence-corrected chi connectivity index (χ2v) is 11.6. The highest BCUT2D eigenvalue weighted by molar-refractivity contribution is 5.90. The van der Waals surface area contributed by atoms with Gasteiger partial charge in [-0.1, -0.05) is 44.2 Å². The van der Waals surface area contributed by atoms with Gasteiger partial charge in [-0.25, -0.2) is 4.98 Å². The van der Waals surface area contributed by atoms with Crippen LogP contribution >= 0.6 is 0 Å². The smallest absolute Gasteiger partial charge is 0.243 e. The molecule has 10 nitrogen and oxygen atoms in total. The number of ether oxygens (including phenoxy) is 1. The molecule has 0 radical (unpaired) electrons. The van der Waals surface area contributed by atoms with E-state index in [2.05, 4.69) is 33.4 Å². The van der Waals surface area contributed by atoms with Crippen LogP contribution in [0, 0.1) is 12.8 Å². The number of aromatic nitrogens is 1. The normalized spacial score (nSPS) is 29.9. The number of carbonyl (C=O) groups excluding carboxylic acids is 2. The van der Waals surface area contributed by atoms with E-state index in [1.807, 2.05) is 51.1 Å². The second kappa shape index (κ2) is 9.07. The molecular formula is C30H33N5O5. The van der Waals surface area contributed by atoms with Crippen molar-refractivity contribution in [1.82, 2.24) is 20.9 Å². The summed E-state index contributed by atoms with van der Waals surface area (Å²) < 4.78 is 13.1. The highest BCUT2D eigenvalue weighted by Crippen LogP contribution is 2.58. The fourth-order valence-corrected chi connectivity index (χ4v) is 6.67. The largest absolute Gasteiger partial charge is 0.469 e. The number of fused-ring (bicyclic) bond motifs is 4. The first-order chi connectivity index (χ1) is 19.3. The Hall–Kier alpha value is -3.89.